The van der Waals surface area contributed by atoms with Crippen LogP contribution in [0, 0.1) is 18.7 Å². The number of hydrogen-bond donors (Lipinski definition) is 1. The average Bonchev–Trinajstić information content (AvgIpc) is 3.25. The predicted molar refractivity (Wildman–Crippen MR) is 128 cm³/mol. The predicted octanol–water partition coefficient (Wildman–Crippen LogP) is 4.13. The molecule has 1 saturated heterocycles. The molecule has 1 aromatic heterocycles. The minimum Gasteiger partial charge on any atom is -0.367 e. The number of para-hydroxylation sites is 1. The summed E-state index contributed by atoms with van der Waals surface area (Å²) in [5.74, 6) is 0.00453. The van der Waals surface area contributed by atoms with Gasteiger partial charge in [-0.1, -0.05) is 12.1 Å². The number of benzene rings is 1. The first-order valence-electron chi connectivity index (χ1n) is 11.1. The monoisotopic (exact) mass is 435 g/mol. The van der Waals surface area contributed by atoms with Crippen molar-refractivity contribution >= 4 is 28.7 Å². The summed E-state index contributed by atoms with van der Waals surface area (Å²) in [5, 5.41) is 2.91. The van der Waals surface area contributed by atoms with Gasteiger partial charge in [-0.15, -0.1) is 0 Å². The highest BCUT2D eigenvalue weighted by Crippen LogP contribution is 2.33. The molecule has 1 N–H and O–H groups in total. The van der Waals surface area contributed by atoms with Crippen molar-refractivity contribution < 1.29 is 9.18 Å². The number of halogens is 1. The summed E-state index contributed by atoms with van der Waals surface area (Å²) in [6.07, 6.45) is 6.13. The van der Waals surface area contributed by atoms with Gasteiger partial charge >= 0.3 is 0 Å². The van der Waals surface area contributed by atoms with E-state index >= 15 is 0 Å². The van der Waals surface area contributed by atoms with E-state index in [0.717, 1.165) is 49.4 Å². The number of nitrogens with one attached hydrogen (secondary N) is 1. The van der Waals surface area contributed by atoms with Crippen molar-refractivity contribution in [2.45, 2.75) is 26.2 Å². The lowest BCUT2D eigenvalue weighted by atomic mass is 9.96. The summed E-state index contributed by atoms with van der Waals surface area (Å²) in [6, 6.07) is 8.68. The number of carbonyl (C=O) groups is 1. The molecule has 1 fully saturated rings. The number of nitrogens with zero attached hydrogens (tertiary/aromatic N) is 4. The summed E-state index contributed by atoms with van der Waals surface area (Å²) >= 11 is 0. The van der Waals surface area contributed by atoms with Crippen LogP contribution < -0.4 is 10.2 Å². The van der Waals surface area contributed by atoms with Crippen LogP contribution in [0.25, 0.3) is 5.70 Å². The Bertz CT molecular complexity index is 1050. The smallest absolute Gasteiger partial charge is 0.270 e. The first-order chi connectivity index (χ1) is 15.4. The summed E-state index contributed by atoms with van der Waals surface area (Å²) in [6.45, 7) is 4.51. The van der Waals surface area contributed by atoms with Gasteiger partial charge < -0.3 is 15.1 Å². The van der Waals surface area contributed by atoms with Crippen LogP contribution in [-0.4, -0.2) is 55.2 Å². The second kappa shape index (κ2) is 9.61. The molecule has 0 atom stereocenters. The average molecular weight is 436 g/mol. The van der Waals surface area contributed by atoms with E-state index in [2.05, 4.69) is 39.2 Å². The van der Waals surface area contributed by atoms with Crippen molar-refractivity contribution in [1.29, 1.82) is 0 Å². The van der Waals surface area contributed by atoms with Gasteiger partial charge in [-0.05, 0) is 64.0 Å². The Hall–Kier alpha value is -3.06. The van der Waals surface area contributed by atoms with Gasteiger partial charge in [0.1, 0.15) is 11.5 Å². The van der Waals surface area contributed by atoms with Gasteiger partial charge in [0.15, 0.2) is 0 Å². The number of aliphatic imine (C=N–C) groups is 1. The molecular formula is C25H30FN5O. The molecule has 7 heteroatoms. The molecule has 0 radical (unpaired) electrons. The minimum absolute atomic E-state index is 0.295. The first-order valence-corrected chi connectivity index (χ1v) is 11.1. The summed E-state index contributed by atoms with van der Waals surface area (Å²) in [7, 11) is 4.16. The van der Waals surface area contributed by atoms with Crippen LogP contribution in [0.2, 0.25) is 0 Å². The van der Waals surface area contributed by atoms with E-state index in [-0.39, 0.29) is 11.7 Å². The van der Waals surface area contributed by atoms with E-state index in [1.807, 2.05) is 25.1 Å². The number of amides is 1. The third kappa shape index (κ3) is 5.05. The van der Waals surface area contributed by atoms with Crippen LogP contribution in [0.1, 0.15) is 30.5 Å². The molecular weight excluding hydrogens is 405 g/mol. The van der Waals surface area contributed by atoms with E-state index in [1.165, 1.54) is 6.07 Å². The van der Waals surface area contributed by atoms with Gasteiger partial charge in [-0.3, -0.25) is 9.78 Å². The van der Waals surface area contributed by atoms with Gasteiger partial charge in [0.05, 0.1) is 17.1 Å². The Balaban J connectivity index is 1.47. The van der Waals surface area contributed by atoms with Gasteiger partial charge in [-0.25, -0.2) is 9.38 Å². The molecule has 168 valence electrons. The van der Waals surface area contributed by atoms with E-state index in [1.54, 1.807) is 18.3 Å². The van der Waals surface area contributed by atoms with Crippen LogP contribution in [0.3, 0.4) is 0 Å². The molecule has 0 aliphatic carbocycles. The minimum atomic E-state index is -0.312. The van der Waals surface area contributed by atoms with E-state index < -0.39 is 0 Å². The largest absolute Gasteiger partial charge is 0.367 e. The van der Waals surface area contributed by atoms with E-state index in [0.29, 0.717) is 29.4 Å². The molecule has 32 heavy (non-hydrogen) atoms. The van der Waals surface area contributed by atoms with Gasteiger partial charge in [0.25, 0.3) is 5.91 Å². The molecule has 3 heterocycles. The zero-order valence-electron chi connectivity index (χ0n) is 18.9. The van der Waals surface area contributed by atoms with Crippen molar-refractivity contribution in [2.75, 3.05) is 43.9 Å². The third-order valence-corrected chi connectivity index (χ3v) is 5.99. The van der Waals surface area contributed by atoms with Crippen molar-refractivity contribution in [3.63, 3.8) is 0 Å². The number of aryl methyl sites for hydroxylation is 1. The molecule has 1 aromatic carbocycles. The highest BCUT2D eigenvalue weighted by Gasteiger charge is 2.25. The Kier molecular flexibility index (Phi) is 6.65. The molecule has 0 bridgehead atoms. The molecule has 0 spiro atoms. The zero-order valence-corrected chi connectivity index (χ0v) is 18.9. The number of aromatic nitrogens is 1. The Morgan fingerprint density at radius 3 is 2.75 bits per heavy atom. The quantitative estimate of drug-likeness (QED) is 0.741. The fraction of sp³-hybridized carbons (Fsp3) is 0.400. The SMILES string of the molecule is Cc1cc(C2=CCC(C(=O)Nc3cccc(F)c3N3CCC(CN(C)C)CC3)=N2)ccn1. The molecule has 2 aliphatic heterocycles. The van der Waals surface area contributed by atoms with Gasteiger partial charge in [-0.2, -0.15) is 0 Å². The third-order valence-electron chi connectivity index (χ3n) is 5.99. The summed E-state index contributed by atoms with van der Waals surface area (Å²) in [4.78, 5) is 25.9. The van der Waals surface area contributed by atoms with Crippen LogP contribution in [-0.2, 0) is 4.79 Å². The summed E-state index contributed by atoms with van der Waals surface area (Å²) in [5.41, 5.74) is 4.00. The molecule has 2 aliphatic rings. The maximum atomic E-state index is 14.8. The molecule has 0 unspecified atom stereocenters. The van der Waals surface area contributed by atoms with E-state index in [4.69, 9.17) is 0 Å². The standard InChI is InChI=1S/C25H30FN5O/c1-17-15-19(9-12-27-17)21-7-8-23(28-21)25(32)29-22-6-4-5-20(26)24(22)31-13-10-18(11-14-31)16-30(2)3/h4-7,9,12,15,18H,8,10-11,13-14,16H2,1-3H3,(H,29,32). The lowest BCUT2D eigenvalue weighted by Gasteiger charge is -2.35. The van der Waals surface area contributed by atoms with Crippen molar-refractivity contribution in [1.82, 2.24) is 9.88 Å². The Morgan fingerprint density at radius 2 is 2.03 bits per heavy atom. The highest BCUT2D eigenvalue weighted by atomic mass is 19.1. The van der Waals surface area contributed by atoms with Crippen LogP contribution in [0.4, 0.5) is 15.8 Å². The van der Waals surface area contributed by atoms with Crippen LogP contribution in [0.5, 0.6) is 0 Å². The summed E-state index contributed by atoms with van der Waals surface area (Å²) < 4.78 is 14.8. The number of carbonyl (C=O) groups excluding carboxylic acids is 1. The number of piperidine rings is 1. The fourth-order valence-corrected chi connectivity index (χ4v) is 4.45. The first kappa shape index (κ1) is 22.1. The van der Waals surface area contributed by atoms with E-state index in [9.17, 15) is 9.18 Å². The number of allylic oxidation sites excluding steroid dienone is 1. The van der Waals surface area contributed by atoms with Gasteiger partial charge in [0, 0.05) is 43.5 Å². The second-order valence-electron chi connectivity index (χ2n) is 8.82. The van der Waals surface area contributed by atoms with Gasteiger partial charge in [0.2, 0.25) is 0 Å². The Morgan fingerprint density at radius 1 is 1.25 bits per heavy atom. The fourth-order valence-electron chi connectivity index (χ4n) is 4.45. The van der Waals surface area contributed by atoms with Crippen LogP contribution in [0.15, 0.2) is 47.6 Å². The highest BCUT2D eigenvalue weighted by molar-refractivity contribution is 6.45. The maximum absolute atomic E-state index is 14.8. The maximum Gasteiger partial charge on any atom is 0.270 e. The molecule has 4 rings (SSSR count). The molecule has 2 aromatic rings. The lowest BCUT2D eigenvalue weighted by molar-refractivity contribution is -0.110. The molecule has 1 amide bonds. The second-order valence-corrected chi connectivity index (χ2v) is 8.82. The number of anilines is 2. The number of hydrogen-bond acceptors (Lipinski definition) is 5. The van der Waals surface area contributed by atoms with Crippen molar-refractivity contribution in [3.8, 4) is 0 Å². The molecule has 0 saturated carbocycles. The number of pyridine rings is 1. The molecule has 6 nitrogen and oxygen atoms in total. The zero-order chi connectivity index (χ0) is 22.7. The van der Waals surface area contributed by atoms with Crippen molar-refractivity contribution in [3.05, 3.63) is 59.7 Å². The van der Waals surface area contributed by atoms with Crippen molar-refractivity contribution in [2.24, 2.45) is 10.9 Å². The topological polar surface area (TPSA) is 60.8 Å². The lowest BCUT2D eigenvalue weighted by Crippen LogP contribution is -2.38. The number of rotatable bonds is 6. The normalized spacial score (nSPS) is 16.8. The Labute approximate surface area is 188 Å². The van der Waals surface area contributed by atoms with Crippen LogP contribution >= 0.6 is 0 Å².